The number of hydrogen-bond acceptors (Lipinski definition) is 3. The van der Waals surface area contributed by atoms with Crippen LogP contribution in [0.25, 0.3) is 0 Å². The third kappa shape index (κ3) is 2.78. The first-order valence-corrected chi connectivity index (χ1v) is 6.55. The summed E-state index contributed by atoms with van der Waals surface area (Å²) in [6.45, 7) is 6.29. The maximum Gasteiger partial charge on any atom is 0.0728 e. The fourth-order valence-corrected chi connectivity index (χ4v) is 2.49. The van der Waals surface area contributed by atoms with E-state index in [0.29, 0.717) is 5.02 Å². The lowest BCUT2D eigenvalue weighted by Gasteiger charge is -2.21. The van der Waals surface area contributed by atoms with Gasteiger partial charge >= 0.3 is 0 Å². The van der Waals surface area contributed by atoms with Gasteiger partial charge in [-0.15, -0.1) is 0 Å². The van der Waals surface area contributed by atoms with Crippen LogP contribution in [0.1, 0.15) is 33.9 Å². The van der Waals surface area contributed by atoms with Crippen LogP contribution in [-0.2, 0) is 0 Å². The Morgan fingerprint density at radius 1 is 1.11 bits per heavy atom. The maximum absolute atomic E-state index is 6.21. The van der Waals surface area contributed by atoms with Gasteiger partial charge in [0.05, 0.1) is 11.1 Å². The van der Waals surface area contributed by atoms with E-state index in [0.717, 1.165) is 11.1 Å². The Morgan fingerprint density at radius 2 is 1.79 bits per heavy atom. The van der Waals surface area contributed by atoms with E-state index < -0.39 is 0 Å². The Hall–Kier alpha value is -1.42. The van der Waals surface area contributed by atoms with Crippen LogP contribution in [-0.4, -0.2) is 4.98 Å². The molecule has 1 aromatic heterocycles. The molecule has 0 aliphatic carbocycles. The van der Waals surface area contributed by atoms with Gasteiger partial charge in [-0.25, -0.2) is 5.43 Å². The smallest absolute Gasteiger partial charge is 0.0728 e. The molecule has 1 unspecified atom stereocenters. The van der Waals surface area contributed by atoms with Gasteiger partial charge in [-0.2, -0.15) is 0 Å². The molecular formula is C15H18ClN3. The predicted molar refractivity (Wildman–Crippen MR) is 79.1 cm³/mol. The molecule has 3 nitrogen and oxygen atoms in total. The summed E-state index contributed by atoms with van der Waals surface area (Å²) in [7, 11) is 0. The lowest BCUT2D eigenvalue weighted by atomic mass is 9.92. The Kier molecular flexibility index (Phi) is 4.20. The Balaban J connectivity index is 2.55. The number of pyridine rings is 1. The van der Waals surface area contributed by atoms with Crippen LogP contribution in [0.15, 0.2) is 30.6 Å². The van der Waals surface area contributed by atoms with Crippen LogP contribution < -0.4 is 11.3 Å². The van der Waals surface area contributed by atoms with Crippen molar-refractivity contribution in [2.45, 2.75) is 26.8 Å². The SMILES string of the molecule is Cc1cc(C)c(C(NN)c2ccncc2Cl)cc1C. The van der Waals surface area contributed by atoms with E-state index in [1.165, 1.54) is 16.7 Å². The van der Waals surface area contributed by atoms with E-state index in [-0.39, 0.29) is 6.04 Å². The van der Waals surface area contributed by atoms with Crippen LogP contribution >= 0.6 is 11.6 Å². The van der Waals surface area contributed by atoms with Crippen molar-refractivity contribution < 1.29 is 0 Å². The summed E-state index contributed by atoms with van der Waals surface area (Å²) in [6, 6.07) is 6.09. The van der Waals surface area contributed by atoms with Crippen LogP contribution in [0.2, 0.25) is 5.02 Å². The van der Waals surface area contributed by atoms with E-state index in [2.05, 4.69) is 43.3 Å². The number of hydrazine groups is 1. The van der Waals surface area contributed by atoms with Gasteiger partial charge < -0.3 is 0 Å². The van der Waals surface area contributed by atoms with Gasteiger partial charge in [-0.3, -0.25) is 10.8 Å². The summed E-state index contributed by atoms with van der Waals surface area (Å²) in [6.07, 6.45) is 3.36. The van der Waals surface area contributed by atoms with Crippen molar-refractivity contribution in [2.24, 2.45) is 5.84 Å². The number of rotatable bonds is 3. The molecule has 0 saturated heterocycles. The molecule has 3 N–H and O–H groups in total. The van der Waals surface area contributed by atoms with Gasteiger partial charge in [0.2, 0.25) is 0 Å². The topological polar surface area (TPSA) is 50.9 Å². The van der Waals surface area contributed by atoms with Crippen molar-refractivity contribution in [3.63, 3.8) is 0 Å². The van der Waals surface area contributed by atoms with Crippen molar-refractivity contribution in [2.75, 3.05) is 0 Å². The van der Waals surface area contributed by atoms with Crippen molar-refractivity contribution >= 4 is 11.6 Å². The molecular weight excluding hydrogens is 258 g/mol. The molecule has 0 spiro atoms. The highest BCUT2D eigenvalue weighted by molar-refractivity contribution is 6.31. The first-order chi connectivity index (χ1) is 9.04. The number of benzene rings is 1. The molecule has 1 heterocycles. The average molecular weight is 276 g/mol. The third-order valence-electron chi connectivity index (χ3n) is 3.47. The molecule has 0 aliphatic rings. The van der Waals surface area contributed by atoms with Gasteiger partial charge in [0.25, 0.3) is 0 Å². The average Bonchev–Trinajstić information content (AvgIpc) is 2.38. The summed E-state index contributed by atoms with van der Waals surface area (Å²) in [5.74, 6) is 5.73. The monoisotopic (exact) mass is 275 g/mol. The van der Waals surface area contributed by atoms with Gasteiger partial charge in [0, 0.05) is 12.4 Å². The Labute approximate surface area is 118 Å². The zero-order chi connectivity index (χ0) is 14.0. The maximum atomic E-state index is 6.21. The second-order valence-corrected chi connectivity index (χ2v) is 5.20. The number of nitrogens with zero attached hydrogens (tertiary/aromatic N) is 1. The highest BCUT2D eigenvalue weighted by atomic mass is 35.5. The first-order valence-electron chi connectivity index (χ1n) is 6.18. The lowest BCUT2D eigenvalue weighted by Crippen LogP contribution is -2.29. The second kappa shape index (κ2) is 5.70. The van der Waals surface area contributed by atoms with E-state index in [4.69, 9.17) is 17.4 Å². The molecule has 100 valence electrons. The number of aromatic nitrogens is 1. The number of halogens is 1. The zero-order valence-corrected chi connectivity index (χ0v) is 12.1. The van der Waals surface area contributed by atoms with Gasteiger partial charge in [0.1, 0.15) is 0 Å². The highest BCUT2D eigenvalue weighted by Crippen LogP contribution is 2.30. The Bertz CT molecular complexity index is 596. The molecule has 0 saturated carbocycles. The predicted octanol–water partition coefficient (Wildman–Crippen LogP) is 3.21. The summed E-state index contributed by atoms with van der Waals surface area (Å²) in [5, 5.41) is 0.614. The van der Waals surface area contributed by atoms with Crippen LogP contribution in [0.3, 0.4) is 0 Å². The van der Waals surface area contributed by atoms with Crippen molar-refractivity contribution in [1.82, 2.24) is 10.4 Å². The molecule has 0 radical (unpaired) electrons. The molecule has 0 aliphatic heterocycles. The van der Waals surface area contributed by atoms with Crippen LogP contribution in [0.4, 0.5) is 0 Å². The molecule has 0 amide bonds. The molecule has 0 bridgehead atoms. The lowest BCUT2D eigenvalue weighted by molar-refractivity contribution is 0.632. The minimum atomic E-state index is -0.130. The van der Waals surface area contributed by atoms with Gasteiger partial charge in [0.15, 0.2) is 0 Å². The van der Waals surface area contributed by atoms with E-state index in [1.54, 1.807) is 12.4 Å². The highest BCUT2D eigenvalue weighted by Gasteiger charge is 2.18. The molecule has 1 aromatic carbocycles. The molecule has 1 atom stereocenters. The van der Waals surface area contributed by atoms with E-state index in [1.807, 2.05) is 6.07 Å². The number of aryl methyl sites for hydroxylation is 3. The quantitative estimate of drug-likeness (QED) is 0.668. The summed E-state index contributed by atoms with van der Waals surface area (Å²) in [5.41, 5.74) is 8.64. The minimum Gasteiger partial charge on any atom is -0.271 e. The number of nitrogens with one attached hydrogen (secondary N) is 1. The minimum absolute atomic E-state index is 0.130. The normalized spacial score (nSPS) is 12.5. The van der Waals surface area contributed by atoms with Crippen LogP contribution in [0.5, 0.6) is 0 Å². The summed E-state index contributed by atoms with van der Waals surface area (Å²) < 4.78 is 0. The fraction of sp³-hybridized carbons (Fsp3) is 0.267. The fourth-order valence-electron chi connectivity index (χ4n) is 2.26. The molecule has 0 fully saturated rings. The van der Waals surface area contributed by atoms with E-state index in [9.17, 15) is 0 Å². The molecule has 2 aromatic rings. The molecule has 2 rings (SSSR count). The Morgan fingerprint density at radius 3 is 2.42 bits per heavy atom. The van der Waals surface area contributed by atoms with E-state index >= 15 is 0 Å². The second-order valence-electron chi connectivity index (χ2n) is 4.79. The van der Waals surface area contributed by atoms with Crippen molar-refractivity contribution in [1.29, 1.82) is 0 Å². The molecule has 4 heteroatoms. The van der Waals surface area contributed by atoms with Gasteiger partial charge in [-0.05, 0) is 54.7 Å². The van der Waals surface area contributed by atoms with Gasteiger partial charge in [-0.1, -0.05) is 23.7 Å². The first kappa shape index (κ1) is 14.0. The van der Waals surface area contributed by atoms with Crippen molar-refractivity contribution in [3.05, 3.63) is 63.4 Å². The third-order valence-corrected chi connectivity index (χ3v) is 3.79. The van der Waals surface area contributed by atoms with Crippen LogP contribution in [0, 0.1) is 20.8 Å². The zero-order valence-electron chi connectivity index (χ0n) is 11.4. The number of nitrogens with two attached hydrogens (primary N) is 1. The summed E-state index contributed by atoms with van der Waals surface area (Å²) in [4.78, 5) is 4.01. The molecule has 19 heavy (non-hydrogen) atoms. The van der Waals surface area contributed by atoms with Crippen molar-refractivity contribution in [3.8, 4) is 0 Å². The number of hydrogen-bond donors (Lipinski definition) is 2. The summed E-state index contributed by atoms with van der Waals surface area (Å²) >= 11 is 6.21. The standard InChI is InChI=1S/C15H18ClN3/c1-9-6-11(3)13(7-10(9)2)15(19-17)12-4-5-18-8-14(12)16/h4-8,15,19H,17H2,1-3H3. The largest absolute Gasteiger partial charge is 0.271 e.